The number of nitrogens with zero attached hydrogens (tertiary/aromatic N) is 1. The molecule has 3 aliphatic rings. The Morgan fingerprint density at radius 3 is 2.51 bits per heavy atom. The summed E-state index contributed by atoms with van der Waals surface area (Å²) in [6.45, 7) is 1.92. The van der Waals surface area contributed by atoms with E-state index in [-0.39, 0.29) is 28.8 Å². The molecule has 0 radical (unpaired) electrons. The molecule has 9 heteroatoms. The van der Waals surface area contributed by atoms with Crippen LogP contribution in [0.15, 0.2) is 53.4 Å². The minimum atomic E-state index is -3.71. The highest BCUT2D eigenvalue weighted by Gasteiger charge is 2.41. The highest BCUT2D eigenvalue weighted by molar-refractivity contribution is 7.89. The summed E-state index contributed by atoms with van der Waals surface area (Å²) >= 11 is 6.60. The average Bonchev–Trinajstić information content (AvgIpc) is 3.72. The smallest absolute Gasteiger partial charge is 0.240 e. The Bertz CT molecular complexity index is 1400. The lowest BCUT2D eigenvalue weighted by atomic mass is 9.85. The molecule has 1 saturated heterocycles. The van der Waals surface area contributed by atoms with Crippen molar-refractivity contribution in [1.29, 1.82) is 0 Å². The van der Waals surface area contributed by atoms with Crippen LogP contribution in [0, 0.1) is 11.8 Å². The third kappa shape index (κ3) is 5.04. The maximum absolute atomic E-state index is 13.3. The lowest BCUT2D eigenvalue weighted by Gasteiger charge is -2.39. The number of fused-ring (bicyclic) bond motifs is 1. The topological polar surface area (TPSA) is 91.5 Å². The van der Waals surface area contributed by atoms with Crippen LogP contribution in [-0.2, 0) is 19.6 Å². The van der Waals surface area contributed by atoms with Crippen LogP contribution in [0.4, 0.5) is 0 Å². The Balaban J connectivity index is 1.12. The fraction of sp³-hybridized carbons (Fsp3) is 0.464. The molecule has 1 aliphatic heterocycles. The Morgan fingerprint density at radius 1 is 1.03 bits per heavy atom. The molecule has 2 aliphatic carbocycles. The summed E-state index contributed by atoms with van der Waals surface area (Å²) in [5, 5.41) is 1.36. The molecule has 37 heavy (non-hydrogen) atoms. The van der Waals surface area contributed by atoms with E-state index in [1.165, 1.54) is 12.8 Å². The molecule has 1 atom stereocenters. The number of hydrogen-bond donors (Lipinski definition) is 2. The second kappa shape index (κ2) is 10.1. The number of halogens is 1. The van der Waals surface area contributed by atoms with Crippen LogP contribution in [0.5, 0.6) is 0 Å². The van der Waals surface area contributed by atoms with Crippen molar-refractivity contribution in [3.8, 4) is 11.3 Å². The van der Waals surface area contributed by atoms with E-state index in [0.29, 0.717) is 61.9 Å². The number of morpholine rings is 1. The number of sulfonamides is 1. The van der Waals surface area contributed by atoms with Gasteiger partial charge < -0.3 is 14.6 Å². The van der Waals surface area contributed by atoms with Crippen molar-refractivity contribution in [3.05, 3.63) is 53.6 Å². The van der Waals surface area contributed by atoms with Crippen molar-refractivity contribution < 1.29 is 17.9 Å². The first-order valence-electron chi connectivity index (χ1n) is 13.2. The van der Waals surface area contributed by atoms with Crippen LogP contribution in [0.25, 0.3) is 22.2 Å². The van der Waals surface area contributed by atoms with Crippen molar-refractivity contribution in [1.82, 2.24) is 14.6 Å². The Kier molecular flexibility index (Phi) is 6.77. The second-order valence-electron chi connectivity index (χ2n) is 10.6. The van der Waals surface area contributed by atoms with Gasteiger partial charge in [0.1, 0.15) is 0 Å². The minimum absolute atomic E-state index is 0.0334. The van der Waals surface area contributed by atoms with E-state index >= 15 is 0 Å². The predicted octanol–water partition coefficient (Wildman–Crippen LogP) is 4.96. The van der Waals surface area contributed by atoms with Gasteiger partial charge in [-0.1, -0.05) is 41.9 Å². The van der Waals surface area contributed by atoms with Gasteiger partial charge in [0, 0.05) is 29.4 Å². The zero-order valence-electron chi connectivity index (χ0n) is 20.7. The number of benzene rings is 2. The monoisotopic (exact) mass is 541 g/mol. The molecule has 3 aromatic rings. The van der Waals surface area contributed by atoms with Crippen molar-refractivity contribution in [2.45, 2.75) is 55.5 Å². The van der Waals surface area contributed by atoms with Gasteiger partial charge in [0.25, 0.3) is 0 Å². The van der Waals surface area contributed by atoms with E-state index in [1.807, 2.05) is 30.3 Å². The number of hydrogen-bond acceptors (Lipinski definition) is 4. The Hall–Kier alpha value is -2.39. The quantitative estimate of drug-likeness (QED) is 0.461. The van der Waals surface area contributed by atoms with Gasteiger partial charge >= 0.3 is 0 Å². The van der Waals surface area contributed by atoms with Gasteiger partial charge in [0.15, 0.2) is 0 Å². The molecule has 6 rings (SSSR count). The van der Waals surface area contributed by atoms with Crippen LogP contribution in [0.1, 0.15) is 38.5 Å². The molecule has 1 amide bonds. The third-order valence-corrected chi connectivity index (χ3v) is 10.0. The Labute approximate surface area is 222 Å². The molecule has 2 aromatic carbocycles. The van der Waals surface area contributed by atoms with Crippen LogP contribution in [0.2, 0.25) is 5.02 Å². The zero-order chi connectivity index (χ0) is 25.6. The normalized spacial score (nSPS) is 24.9. The number of aromatic nitrogens is 1. The van der Waals surface area contributed by atoms with Crippen molar-refractivity contribution in [2.75, 3.05) is 19.8 Å². The van der Waals surface area contributed by atoms with Gasteiger partial charge in [-0.3, -0.25) is 4.79 Å². The van der Waals surface area contributed by atoms with E-state index in [9.17, 15) is 13.2 Å². The summed E-state index contributed by atoms with van der Waals surface area (Å²) in [6.07, 6.45) is 5.07. The van der Waals surface area contributed by atoms with Crippen molar-refractivity contribution >= 4 is 38.4 Å². The lowest BCUT2D eigenvalue weighted by Crippen LogP contribution is -2.52. The fourth-order valence-corrected chi connectivity index (χ4v) is 7.51. The number of carbonyl (C=O) groups is 1. The molecule has 2 heterocycles. The number of amides is 1. The first-order valence-corrected chi connectivity index (χ1v) is 15.0. The SMILES string of the molecule is O=C(C1CCC(NS(=O)(=O)c2ccc3c(Cl)c(-c4ccccc4)[nH]c3c2)CC1)N1CCOCC1C1CC1. The summed E-state index contributed by atoms with van der Waals surface area (Å²) in [7, 11) is -3.71. The summed E-state index contributed by atoms with van der Waals surface area (Å²) < 4.78 is 35.0. The first-order chi connectivity index (χ1) is 17.9. The van der Waals surface area contributed by atoms with E-state index < -0.39 is 10.0 Å². The lowest BCUT2D eigenvalue weighted by molar-refractivity contribution is -0.146. The molecule has 3 fully saturated rings. The molecule has 0 spiro atoms. The van der Waals surface area contributed by atoms with E-state index in [4.69, 9.17) is 16.3 Å². The highest BCUT2D eigenvalue weighted by atomic mass is 35.5. The summed E-state index contributed by atoms with van der Waals surface area (Å²) in [5.41, 5.74) is 2.39. The van der Waals surface area contributed by atoms with Gasteiger partial charge in [-0.25, -0.2) is 13.1 Å². The minimum Gasteiger partial charge on any atom is -0.377 e. The van der Waals surface area contributed by atoms with E-state index in [1.54, 1.807) is 18.2 Å². The number of aromatic amines is 1. The van der Waals surface area contributed by atoms with Gasteiger partial charge in [-0.15, -0.1) is 0 Å². The molecular formula is C28H32ClN3O4S. The van der Waals surface area contributed by atoms with Crippen molar-refractivity contribution in [2.24, 2.45) is 11.8 Å². The zero-order valence-corrected chi connectivity index (χ0v) is 22.2. The fourth-order valence-electron chi connectivity index (χ4n) is 5.86. The molecule has 7 nitrogen and oxygen atoms in total. The number of H-pyrrole nitrogens is 1. The number of rotatable bonds is 6. The molecular weight excluding hydrogens is 510 g/mol. The molecule has 196 valence electrons. The van der Waals surface area contributed by atoms with Crippen LogP contribution >= 0.6 is 11.6 Å². The molecule has 2 saturated carbocycles. The Morgan fingerprint density at radius 2 is 1.78 bits per heavy atom. The van der Waals surface area contributed by atoms with Gasteiger partial charge in [0.2, 0.25) is 15.9 Å². The van der Waals surface area contributed by atoms with Gasteiger partial charge in [-0.2, -0.15) is 0 Å². The number of nitrogens with one attached hydrogen (secondary N) is 2. The molecule has 2 N–H and O–H groups in total. The highest BCUT2D eigenvalue weighted by Crippen LogP contribution is 2.38. The number of ether oxygens (including phenoxy) is 1. The van der Waals surface area contributed by atoms with Crippen LogP contribution in [0.3, 0.4) is 0 Å². The summed E-state index contributed by atoms with van der Waals surface area (Å²) in [5.74, 6) is 0.779. The second-order valence-corrected chi connectivity index (χ2v) is 12.7. The first kappa shape index (κ1) is 24.9. The molecule has 1 aromatic heterocycles. The summed E-state index contributed by atoms with van der Waals surface area (Å²) in [4.78, 5) is 18.8. The standard InChI is InChI=1S/C28H32ClN3O4S/c29-26-23-13-12-22(16-24(23)30-27(26)19-4-2-1-3-5-19)37(34,35)31-21-10-8-20(9-11-21)28(33)32-14-15-36-17-25(32)18-6-7-18/h1-5,12-13,16,18,20-21,25,30-31H,6-11,14-15,17H2. The summed E-state index contributed by atoms with van der Waals surface area (Å²) in [6, 6.07) is 14.8. The average molecular weight is 542 g/mol. The van der Waals surface area contributed by atoms with Gasteiger partial charge in [-0.05, 0) is 68.2 Å². The van der Waals surface area contributed by atoms with Crippen molar-refractivity contribution in [3.63, 3.8) is 0 Å². The van der Waals surface area contributed by atoms with E-state index in [2.05, 4.69) is 14.6 Å². The molecule has 0 bridgehead atoms. The predicted molar refractivity (Wildman–Crippen MR) is 144 cm³/mol. The van der Waals surface area contributed by atoms with Crippen LogP contribution in [-0.4, -0.2) is 56.1 Å². The molecule has 1 unspecified atom stereocenters. The van der Waals surface area contributed by atoms with E-state index in [0.717, 1.165) is 16.6 Å². The largest absolute Gasteiger partial charge is 0.377 e. The maximum Gasteiger partial charge on any atom is 0.240 e. The maximum atomic E-state index is 13.3. The number of carbonyl (C=O) groups excluding carboxylic acids is 1. The van der Waals surface area contributed by atoms with Gasteiger partial charge in [0.05, 0.1) is 34.9 Å². The third-order valence-electron chi connectivity index (χ3n) is 8.09. The van der Waals surface area contributed by atoms with Crippen LogP contribution < -0.4 is 4.72 Å².